The van der Waals surface area contributed by atoms with Crippen molar-refractivity contribution in [1.29, 1.82) is 0 Å². The summed E-state index contributed by atoms with van der Waals surface area (Å²) in [4.78, 5) is 14.0. The highest BCUT2D eigenvalue weighted by Crippen LogP contribution is 2.12. The van der Waals surface area contributed by atoms with E-state index in [2.05, 4.69) is 11.9 Å². The molecule has 16 heavy (non-hydrogen) atoms. The summed E-state index contributed by atoms with van der Waals surface area (Å²) in [5.74, 6) is -0.896. The predicted molar refractivity (Wildman–Crippen MR) is 56.8 cm³/mol. The molecule has 0 saturated carbocycles. The van der Waals surface area contributed by atoms with Crippen molar-refractivity contribution < 1.29 is 27.3 Å². The fourth-order valence-electron chi connectivity index (χ4n) is 1.55. The Morgan fingerprint density at radius 1 is 1.31 bits per heavy atom. The second-order valence-corrected chi connectivity index (χ2v) is 3.44. The molecule has 0 radical (unpaired) electrons. The summed E-state index contributed by atoms with van der Waals surface area (Å²) in [5.41, 5.74) is 2.28. The average molecular weight is 238 g/mol. The van der Waals surface area contributed by atoms with Gasteiger partial charge in [-0.25, -0.2) is 9.78 Å². The molecule has 3 nitrogen and oxygen atoms in total. The van der Waals surface area contributed by atoms with Gasteiger partial charge in [0.05, 0.1) is 5.56 Å². The summed E-state index contributed by atoms with van der Waals surface area (Å²) >= 11 is 0. The lowest BCUT2D eigenvalue weighted by molar-refractivity contribution is -0.357. The van der Waals surface area contributed by atoms with Crippen molar-refractivity contribution in [2.45, 2.75) is 13.3 Å². The zero-order valence-corrected chi connectivity index (χ0v) is 9.58. The van der Waals surface area contributed by atoms with E-state index in [0.717, 1.165) is 23.0 Å². The molecule has 0 unspecified atom stereocenters. The van der Waals surface area contributed by atoms with Gasteiger partial charge in [0.1, 0.15) is 0 Å². The number of hydrogen-bond donors (Lipinski definition) is 1. The van der Waals surface area contributed by atoms with Gasteiger partial charge < -0.3 is 17.5 Å². The summed E-state index contributed by atoms with van der Waals surface area (Å²) in [7, 11) is 0. The number of aromatic amines is 1. The zero-order chi connectivity index (χ0) is 10.8. The van der Waals surface area contributed by atoms with Crippen molar-refractivity contribution in [2.24, 2.45) is 0 Å². The molecule has 0 aliphatic rings. The van der Waals surface area contributed by atoms with E-state index in [1.165, 1.54) is 0 Å². The van der Waals surface area contributed by atoms with Crippen LogP contribution in [0.4, 0.5) is 0 Å². The fourth-order valence-corrected chi connectivity index (χ4v) is 1.55. The van der Waals surface area contributed by atoms with Gasteiger partial charge in [0.2, 0.25) is 5.52 Å². The number of carboxylic acid groups (broad SMARTS) is 1. The normalized spacial score (nSPS) is 9.81. The second kappa shape index (κ2) is 4.94. The van der Waals surface area contributed by atoms with Gasteiger partial charge in [-0.15, -0.1) is 0 Å². The number of aryl methyl sites for hydroxylation is 1. The molecule has 1 aromatic carbocycles. The van der Waals surface area contributed by atoms with E-state index in [4.69, 9.17) is 5.11 Å². The average Bonchev–Trinajstić information content (AvgIpc) is 2.27. The Morgan fingerprint density at radius 2 is 2.00 bits per heavy atom. The standard InChI is InChI=1S/C12H11NO2.ClH/c1-2-10-6-5-8-3-4-9(12(14)15)7-11(8)13-10;/h3-7H,2H2,1H3,(H,14,15);1H. The second-order valence-electron chi connectivity index (χ2n) is 3.44. The lowest BCUT2D eigenvalue weighted by atomic mass is 10.1. The Labute approximate surface area is 99.5 Å². The van der Waals surface area contributed by atoms with Gasteiger partial charge in [0, 0.05) is 23.9 Å². The number of carbonyl (C=O) groups is 1. The number of nitrogens with one attached hydrogen (secondary N) is 1. The summed E-state index contributed by atoms with van der Waals surface area (Å²) in [6.45, 7) is 2.05. The molecule has 2 aromatic rings. The van der Waals surface area contributed by atoms with Crippen molar-refractivity contribution in [3.63, 3.8) is 0 Å². The number of aromatic nitrogens is 1. The van der Waals surface area contributed by atoms with Gasteiger partial charge in [-0.2, -0.15) is 0 Å². The van der Waals surface area contributed by atoms with Crippen molar-refractivity contribution >= 4 is 16.9 Å². The van der Waals surface area contributed by atoms with Crippen LogP contribution in [0.25, 0.3) is 10.9 Å². The number of carboxylic acids is 1. The number of benzene rings is 1. The van der Waals surface area contributed by atoms with E-state index in [0.29, 0.717) is 5.56 Å². The van der Waals surface area contributed by atoms with Crippen molar-refractivity contribution in [3.05, 3.63) is 41.6 Å². The molecule has 1 heterocycles. The van der Waals surface area contributed by atoms with Crippen molar-refractivity contribution in [2.75, 3.05) is 0 Å². The third-order valence-electron chi connectivity index (χ3n) is 2.44. The smallest absolute Gasteiger partial charge is 0.335 e. The highest BCUT2D eigenvalue weighted by molar-refractivity contribution is 5.92. The Morgan fingerprint density at radius 3 is 2.62 bits per heavy atom. The number of pyridine rings is 1. The molecule has 2 rings (SSSR count). The third-order valence-corrected chi connectivity index (χ3v) is 2.44. The zero-order valence-electron chi connectivity index (χ0n) is 8.83. The van der Waals surface area contributed by atoms with Crippen LogP contribution in [0.15, 0.2) is 30.3 Å². The Hall–Kier alpha value is -1.61. The topological polar surface area (TPSA) is 51.4 Å². The van der Waals surface area contributed by atoms with Crippen LogP contribution in [0.5, 0.6) is 0 Å². The largest absolute Gasteiger partial charge is 1.00 e. The number of rotatable bonds is 2. The maximum atomic E-state index is 10.8. The first-order chi connectivity index (χ1) is 7.20. The maximum Gasteiger partial charge on any atom is 0.335 e. The minimum atomic E-state index is -0.896. The van der Waals surface area contributed by atoms with Gasteiger partial charge in [-0.3, -0.25) is 0 Å². The molecule has 0 aliphatic carbocycles. The summed E-state index contributed by atoms with van der Waals surface area (Å²) < 4.78 is 0. The predicted octanol–water partition coefficient (Wildman–Crippen LogP) is -1.08. The van der Waals surface area contributed by atoms with E-state index in [1.54, 1.807) is 12.1 Å². The summed E-state index contributed by atoms with van der Waals surface area (Å²) in [5, 5.41) is 9.88. The first-order valence-electron chi connectivity index (χ1n) is 4.89. The molecule has 1 aromatic heterocycles. The van der Waals surface area contributed by atoms with Crippen LogP contribution in [0, 0.1) is 0 Å². The van der Waals surface area contributed by atoms with E-state index < -0.39 is 5.97 Å². The minimum absolute atomic E-state index is 0. The highest BCUT2D eigenvalue weighted by atomic mass is 35.5. The number of hydrogen-bond acceptors (Lipinski definition) is 1. The summed E-state index contributed by atoms with van der Waals surface area (Å²) in [6, 6.07) is 9.11. The van der Waals surface area contributed by atoms with Crippen LogP contribution >= 0.6 is 0 Å². The monoisotopic (exact) mass is 237 g/mol. The molecule has 0 saturated heterocycles. The molecule has 84 valence electrons. The number of halogens is 1. The fraction of sp³-hybridized carbons (Fsp3) is 0.167. The molecule has 0 aliphatic heterocycles. The molecular weight excluding hydrogens is 226 g/mol. The Balaban J connectivity index is 0.00000128. The molecule has 0 bridgehead atoms. The molecule has 0 atom stereocenters. The highest BCUT2D eigenvalue weighted by Gasteiger charge is 2.08. The number of aromatic carboxylic acids is 1. The quantitative estimate of drug-likeness (QED) is 0.723. The first-order valence-corrected chi connectivity index (χ1v) is 4.89. The summed E-state index contributed by atoms with van der Waals surface area (Å²) in [6.07, 6.45) is 0.910. The third kappa shape index (κ3) is 2.31. The van der Waals surface area contributed by atoms with E-state index in [9.17, 15) is 4.79 Å². The van der Waals surface area contributed by atoms with Crippen molar-refractivity contribution in [3.8, 4) is 0 Å². The van der Waals surface area contributed by atoms with Gasteiger partial charge in [-0.05, 0) is 18.2 Å². The van der Waals surface area contributed by atoms with Gasteiger partial charge in [0.15, 0.2) is 5.69 Å². The number of H-pyrrole nitrogens is 1. The SMILES string of the molecule is CCc1ccc2ccc(C(=O)O)cc2[nH+]1.[Cl-]. The van der Waals surface area contributed by atoms with Gasteiger partial charge >= 0.3 is 5.97 Å². The maximum absolute atomic E-state index is 10.8. The van der Waals surface area contributed by atoms with Crippen LogP contribution in [0.1, 0.15) is 23.0 Å². The molecule has 2 N–H and O–H groups in total. The van der Waals surface area contributed by atoms with E-state index in [-0.39, 0.29) is 12.4 Å². The Kier molecular flexibility index (Phi) is 3.85. The van der Waals surface area contributed by atoms with Crippen LogP contribution in [0.2, 0.25) is 0 Å². The minimum Gasteiger partial charge on any atom is -1.00 e. The molecule has 0 amide bonds. The van der Waals surface area contributed by atoms with Crippen LogP contribution in [-0.2, 0) is 6.42 Å². The lowest BCUT2D eigenvalue weighted by Crippen LogP contribution is -3.00. The molecular formula is C12H12ClNO2. The van der Waals surface area contributed by atoms with Gasteiger partial charge in [0.25, 0.3) is 0 Å². The first kappa shape index (κ1) is 12.5. The van der Waals surface area contributed by atoms with Crippen molar-refractivity contribution in [1.82, 2.24) is 0 Å². The molecule has 0 spiro atoms. The molecule has 4 heteroatoms. The van der Waals surface area contributed by atoms with Crippen LogP contribution in [-0.4, -0.2) is 11.1 Å². The number of fused-ring (bicyclic) bond motifs is 1. The van der Waals surface area contributed by atoms with E-state index in [1.807, 2.05) is 18.2 Å². The molecule has 0 fully saturated rings. The lowest BCUT2D eigenvalue weighted by Gasteiger charge is -1.96. The Bertz CT molecular complexity index is 525. The van der Waals surface area contributed by atoms with Gasteiger partial charge in [-0.1, -0.05) is 6.92 Å². The van der Waals surface area contributed by atoms with Crippen LogP contribution < -0.4 is 17.4 Å². The van der Waals surface area contributed by atoms with Crippen LogP contribution in [0.3, 0.4) is 0 Å². The van der Waals surface area contributed by atoms with E-state index >= 15 is 0 Å².